The number of nitrogens with zero attached hydrogens (tertiary/aromatic N) is 1. The van der Waals surface area contributed by atoms with E-state index in [1.807, 2.05) is 0 Å². The molecule has 2 aliphatic rings. The van der Waals surface area contributed by atoms with Gasteiger partial charge in [0, 0.05) is 16.4 Å². The number of alkyl halides is 1. The number of halogens is 1. The smallest absolute Gasteiger partial charge is 0.0695 e. The first kappa shape index (κ1) is 10.7. The van der Waals surface area contributed by atoms with Crippen molar-refractivity contribution in [1.82, 2.24) is 0 Å². The van der Waals surface area contributed by atoms with Crippen LogP contribution in [-0.4, -0.2) is 15.6 Å². The molecule has 78 valence electrons. The van der Waals surface area contributed by atoms with Gasteiger partial charge >= 0.3 is 0 Å². The van der Waals surface area contributed by atoms with Gasteiger partial charge in [0.05, 0.1) is 11.7 Å². The van der Waals surface area contributed by atoms with E-state index in [4.69, 9.17) is 10.00 Å². The lowest BCUT2D eigenvalue weighted by atomic mass is 9.83. The van der Waals surface area contributed by atoms with Crippen molar-refractivity contribution in [3.8, 4) is 6.07 Å². The maximum absolute atomic E-state index is 8.82. The lowest BCUT2D eigenvalue weighted by Gasteiger charge is -2.42. The van der Waals surface area contributed by atoms with Crippen LogP contribution in [0.25, 0.3) is 0 Å². The molecule has 0 aromatic heterocycles. The van der Waals surface area contributed by atoms with Gasteiger partial charge in [-0.1, -0.05) is 35.4 Å². The molecule has 1 aliphatic heterocycles. The highest BCUT2D eigenvalue weighted by molar-refractivity contribution is 14.1. The van der Waals surface area contributed by atoms with E-state index in [0.717, 1.165) is 19.4 Å². The molecule has 2 fully saturated rings. The molecule has 1 aliphatic carbocycles. The Balaban J connectivity index is 2.06. The van der Waals surface area contributed by atoms with E-state index in [2.05, 4.69) is 28.7 Å². The minimum Gasteiger partial charge on any atom is -0.375 e. The molecule has 2 rings (SSSR count). The summed E-state index contributed by atoms with van der Waals surface area (Å²) in [6, 6.07) is 2.32. The maximum Gasteiger partial charge on any atom is 0.0695 e. The second-order valence-corrected chi connectivity index (χ2v) is 6.94. The average molecular weight is 305 g/mol. The fraction of sp³-hybridized carbons (Fsp3) is 0.909. The monoisotopic (exact) mass is 305 g/mol. The van der Waals surface area contributed by atoms with Crippen molar-refractivity contribution in [2.24, 2.45) is 0 Å². The Morgan fingerprint density at radius 2 is 2.00 bits per heavy atom. The second kappa shape index (κ2) is 3.97. The lowest BCUT2D eigenvalue weighted by molar-refractivity contribution is -0.0818. The largest absolute Gasteiger partial charge is 0.375 e. The first-order valence-corrected chi connectivity index (χ1v) is 6.46. The molecule has 14 heavy (non-hydrogen) atoms. The lowest BCUT2D eigenvalue weighted by Crippen LogP contribution is -2.44. The van der Waals surface area contributed by atoms with E-state index in [0.29, 0.717) is 6.42 Å². The Kier molecular flexibility index (Phi) is 3.03. The van der Waals surface area contributed by atoms with Crippen molar-refractivity contribution in [2.75, 3.05) is 6.61 Å². The topological polar surface area (TPSA) is 33.0 Å². The van der Waals surface area contributed by atoms with Gasteiger partial charge in [-0.3, -0.25) is 0 Å². The summed E-state index contributed by atoms with van der Waals surface area (Å²) in [5.41, 5.74) is 0.149. The molecule has 1 heterocycles. The van der Waals surface area contributed by atoms with Crippen LogP contribution in [-0.2, 0) is 4.74 Å². The summed E-state index contributed by atoms with van der Waals surface area (Å²) in [6.07, 6.45) is 7.85. The molecule has 1 saturated heterocycles. The van der Waals surface area contributed by atoms with Gasteiger partial charge < -0.3 is 4.74 Å². The first-order chi connectivity index (χ1) is 6.68. The fourth-order valence-electron chi connectivity index (χ4n) is 2.80. The summed E-state index contributed by atoms with van der Waals surface area (Å²) < 4.78 is 6.14. The normalized spacial score (nSPS) is 35.7. The number of rotatable bonds is 1. The van der Waals surface area contributed by atoms with Crippen molar-refractivity contribution in [2.45, 2.75) is 54.0 Å². The van der Waals surface area contributed by atoms with E-state index in [1.54, 1.807) is 0 Å². The zero-order chi connectivity index (χ0) is 10.1. The van der Waals surface area contributed by atoms with Crippen molar-refractivity contribution in [3.63, 3.8) is 0 Å². The van der Waals surface area contributed by atoms with Gasteiger partial charge in [-0.05, 0) is 25.7 Å². The Morgan fingerprint density at radius 3 is 2.64 bits per heavy atom. The summed E-state index contributed by atoms with van der Waals surface area (Å²) in [7, 11) is 0. The predicted octanol–water partition coefficient (Wildman–Crippen LogP) is 3.20. The van der Waals surface area contributed by atoms with Crippen molar-refractivity contribution in [1.29, 1.82) is 5.26 Å². The van der Waals surface area contributed by atoms with E-state index < -0.39 is 0 Å². The van der Waals surface area contributed by atoms with Crippen molar-refractivity contribution >= 4 is 22.6 Å². The van der Waals surface area contributed by atoms with Crippen LogP contribution >= 0.6 is 22.6 Å². The van der Waals surface area contributed by atoms with Crippen LogP contribution in [0.4, 0.5) is 0 Å². The zero-order valence-electron chi connectivity index (χ0n) is 8.39. The average Bonchev–Trinajstić information content (AvgIpc) is 2.52. The van der Waals surface area contributed by atoms with Gasteiger partial charge in [-0.25, -0.2) is 0 Å². The third kappa shape index (κ3) is 2.06. The van der Waals surface area contributed by atoms with E-state index in [9.17, 15) is 0 Å². The van der Waals surface area contributed by atoms with Crippen LogP contribution in [0, 0.1) is 11.3 Å². The van der Waals surface area contributed by atoms with Gasteiger partial charge in [-0.2, -0.15) is 5.26 Å². The summed E-state index contributed by atoms with van der Waals surface area (Å²) in [4.78, 5) is 0. The molecule has 1 unspecified atom stereocenters. The Hall–Kier alpha value is 0.180. The molecule has 2 nitrogen and oxygen atoms in total. The minimum absolute atomic E-state index is 0.149. The molecule has 1 saturated carbocycles. The Labute approximate surface area is 99.1 Å². The third-order valence-electron chi connectivity index (χ3n) is 3.51. The van der Waals surface area contributed by atoms with Crippen molar-refractivity contribution < 1.29 is 4.74 Å². The van der Waals surface area contributed by atoms with E-state index in [1.165, 1.54) is 25.7 Å². The molecule has 0 bridgehead atoms. The van der Waals surface area contributed by atoms with Crippen LogP contribution in [0.3, 0.4) is 0 Å². The maximum atomic E-state index is 8.82. The number of ether oxygens (including phenoxy) is 1. The second-order valence-electron chi connectivity index (χ2n) is 4.65. The van der Waals surface area contributed by atoms with Crippen LogP contribution in [0.15, 0.2) is 0 Å². The predicted molar refractivity (Wildman–Crippen MR) is 63.4 cm³/mol. The number of nitriles is 1. The van der Waals surface area contributed by atoms with E-state index >= 15 is 0 Å². The highest BCUT2D eigenvalue weighted by Gasteiger charge is 2.45. The molecule has 0 N–H and O–H groups in total. The molecule has 1 spiro atoms. The molecular formula is C11H16INO. The molecule has 0 aromatic carbocycles. The van der Waals surface area contributed by atoms with Crippen LogP contribution in [0.5, 0.6) is 0 Å². The minimum atomic E-state index is 0.149. The molecule has 1 atom stereocenters. The SMILES string of the molecule is N#CCC1(I)CCOC2(CCCC2)C1. The number of hydrogen-bond acceptors (Lipinski definition) is 2. The van der Waals surface area contributed by atoms with E-state index in [-0.39, 0.29) is 9.02 Å². The standard InChI is InChI=1S/C11H16INO/c12-10(5-7-13)6-8-14-11(9-10)3-1-2-4-11/h1-6,8-9H2. The van der Waals surface area contributed by atoms with Gasteiger partial charge in [0.25, 0.3) is 0 Å². The van der Waals surface area contributed by atoms with Gasteiger partial charge in [-0.15, -0.1) is 0 Å². The quantitative estimate of drug-likeness (QED) is 0.550. The molecule has 3 heteroatoms. The molecular weight excluding hydrogens is 289 g/mol. The van der Waals surface area contributed by atoms with Crippen LogP contribution < -0.4 is 0 Å². The van der Waals surface area contributed by atoms with Gasteiger partial charge in [0.2, 0.25) is 0 Å². The Bertz CT molecular complexity index is 255. The third-order valence-corrected chi connectivity index (χ3v) is 4.81. The van der Waals surface area contributed by atoms with Crippen molar-refractivity contribution in [3.05, 3.63) is 0 Å². The molecule has 0 aromatic rings. The summed E-state index contributed by atoms with van der Waals surface area (Å²) in [6.45, 7) is 0.852. The summed E-state index contributed by atoms with van der Waals surface area (Å²) in [5.74, 6) is 0. The van der Waals surface area contributed by atoms with Gasteiger partial charge in [0.1, 0.15) is 0 Å². The highest BCUT2D eigenvalue weighted by Crippen LogP contribution is 2.48. The fourth-order valence-corrected chi connectivity index (χ4v) is 3.89. The van der Waals surface area contributed by atoms with Crippen LogP contribution in [0.1, 0.15) is 44.9 Å². The number of hydrogen-bond donors (Lipinski definition) is 0. The molecule has 0 amide bonds. The zero-order valence-corrected chi connectivity index (χ0v) is 10.5. The molecule has 0 radical (unpaired) electrons. The first-order valence-electron chi connectivity index (χ1n) is 5.38. The van der Waals surface area contributed by atoms with Gasteiger partial charge in [0.15, 0.2) is 0 Å². The summed E-state index contributed by atoms with van der Waals surface area (Å²) in [5, 5.41) is 8.82. The summed E-state index contributed by atoms with van der Waals surface area (Å²) >= 11 is 2.49. The highest BCUT2D eigenvalue weighted by atomic mass is 127. The Morgan fingerprint density at radius 1 is 1.29 bits per heavy atom. The van der Waals surface area contributed by atoms with Crippen LogP contribution in [0.2, 0.25) is 0 Å².